The Hall–Kier alpha value is -1.83. The van der Waals surface area contributed by atoms with Crippen LogP contribution >= 0.6 is 0 Å². The van der Waals surface area contributed by atoms with E-state index in [4.69, 9.17) is 10.5 Å². The van der Waals surface area contributed by atoms with Crippen LogP contribution in [-0.2, 0) is 10.9 Å². The topological polar surface area (TPSA) is 77.2 Å². The number of amides is 1. The number of halogens is 3. The largest absolute Gasteiger partial charge is 0.444 e. The Bertz CT molecular complexity index is 498. The highest BCUT2D eigenvalue weighted by Crippen LogP contribution is 2.33. The fourth-order valence-corrected chi connectivity index (χ4v) is 1.66. The van der Waals surface area contributed by atoms with Gasteiger partial charge in [0.05, 0.1) is 11.6 Å². The standard InChI is InChI=1S/C13H18F3N3O2/c1-12(2,3)21-11(20)19-10(6-17)8-7-18-5-4-9(8)13(14,15)16/h4-5,7,10H,6,17H2,1-3H3,(H,19,20). The second-order valence-electron chi connectivity index (χ2n) is 5.40. The number of nitrogens with two attached hydrogens (primary N) is 1. The molecule has 21 heavy (non-hydrogen) atoms. The van der Waals surface area contributed by atoms with Crippen molar-refractivity contribution in [2.24, 2.45) is 5.73 Å². The molecule has 1 atom stereocenters. The number of carbonyl (C=O) groups excluding carboxylic acids is 1. The number of ether oxygens (including phenoxy) is 1. The first-order valence-corrected chi connectivity index (χ1v) is 6.25. The van der Waals surface area contributed by atoms with Crippen molar-refractivity contribution in [2.45, 2.75) is 38.6 Å². The molecule has 1 aromatic rings. The van der Waals surface area contributed by atoms with Gasteiger partial charge in [0.1, 0.15) is 5.60 Å². The lowest BCUT2D eigenvalue weighted by Gasteiger charge is -2.24. The fraction of sp³-hybridized carbons (Fsp3) is 0.538. The number of carbonyl (C=O) groups is 1. The van der Waals surface area contributed by atoms with E-state index in [0.717, 1.165) is 18.5 Å². The van der Waals surface area contributed by atoms with Crippen LogP contribution in [0.4, 0.5) is 18.0 Å². The van der Waals surface area contributed by atoms with E-state index in [9.17, 15) is 18.0 Å². The number of nitrogens with zero attached hydrogens (tertiary/aromatic N) is 1. The summed E-state index contributed by atoms with van der Waals surface area (Å²) < 4.78 is 43.8. The molecule has 0 fully saturated rings. The summed E-state index contributed by atoms with van der Waals surface area (Å²) in [5.74, 6) is 0. The van der Waals surface area contributed by atoms with Gasteiger partial charge in [0.2, 0.25) is 0 Å². The lowest BCUT2D eigenvalue weighted by molar-refractivity contribution is -0.138. The van der Waals surface area contributed by atoms with Crippen molar-refractivity contribution in [2.75, 3.05) is 6.54 Å². The minimum Gasteiger partial charge on any atom is -0.444 e. The number of nitrogens with one attached hydrogen (secondary N) is 1. The Kier molecular flexibility index (Phi) is 5.16. The molecule has 0 spiro atoms. The Balaban J connectivity index is 2.99. The molecule has 118 valence electrons. The molecule has 0 aliphatic rings. The molecular weight excluding hydrogens is 287 g/mol. The van der Waals surface area contributed by atoms with E-state index in [2.05, 4.69) is 10.3 Å². The van der Waals surface area contributed by atoms with Crippen molar-refractivity contribution in [3.63, 3.8) is 0 Å². The van der Waals surface area contributed by atoms with Crippen LogP contribution in [0, 0.1) is 0 Å². The smallest absolute Gasteiger partial charge is 0.416 e. The molecule has 8 heteroatoms. The van der Waals surface area contributed by atoms with Crippen molar-refractivity contribution < 1.29 is 22.7 Å². The van der Waals surface area contributed by atoms with Crippen LogP contribution in [0.5, 0.6) is 0 Å². The first-order valence-electron chi connectivity index (χ1n) is 6.25. The van der Waals surface area contributed by atoms with Gasteiger partial charge in [-0.2, -0.15) is 13.2 Å². The molecule has 1 aromatic heterocycles. The second-order valence-corrected chi connectivity index (χ2v) is 5.40. The van der Waals surface area contributed by atoms with Crippen LogP contribution in [0.15, 0.2) is 18.5 Å². The van der Waals surface area contributed by atoms with Gasteiger partial charge in [-0.1, -0.05) is 0 Å². The van der Waals surface area contributed by atoms with E-state index in [-0.39, 0.29) is 12.1 Å². The van der Waals surface area contributed by atoms with Gasteiger partial charge in [0, 0.05) is 24.5 Å². The molecule has 1 unspecified atom stereocenters. The normalized spacial score (nSPS) is 13.7. The maximum Gasteiger partial charge on any atom is 0.416 e. The summed E-state index contributed by atoms with van der Waals surface area (Å²) in [5, 5.41) is 2.33. The quantitative estimate of drug-likeness (QED) is 0.900. The van der Waals surface area contributed by atoms with Crippen molar-refractivity contribution in [1.82, 2.24) is 10.3 Å². The minimum atomic E-state index is -4.55. The van der Waals surface area contributed by atoms with Gasteiger partial charge in [0.15, 0.2) is 0 Å². The molecule has 0 saturated carbocycles. The molecule has 0 aliphatic heterocycles. The first-order chi connectivity index (χ1) is 9.54. The lowest BCUT2D eigenvalue weighted by Crippen LogP contribution is -2.38. The van der Waals surface area contributed by atoms with Crippen LogP contribution in [-0.4, -0.2) is 23.2 Å². The maximum atomic E-state index is 12.9. The zero-order valence-electron chi connectivity index (χ0n) is 12.0. The SMILES string of the molecule is CC(C)(C)OC(=O)NC(CN)c1cnccc1C(F)(F)F. The van der Waals surface area contributed by atoms with Gasteiger partial charge in [0.25, 0.3) is 0 Å². The molecule has 0 aliphatic carbocycles. The zero-order chi connectivity index (χ0) is 16.3. The fourth-order valence-electron chi connectivity index (χ4n) is 1.66. The zero-order valence-corrected chi connectivity index (χ0v) is 12.0. The van der Waals surface area contributed by atoms with Gasteiger partial charge in [-0.3, -0.25) is 4.98 Å². The number of aromatic nitrogens is 1. The van der Waals surface area contributed by atoms with E-state index in [1.807, 2.05) is 0 Å². The summed E-state index contributed by atoms with van der Waals surface area (Å²) in [6.45, 7) is 4.73. The molecule has 0 saturated heterocycles. The Morgan fingerprint density at radius 2 is 2.05 bits per heavy atom. The van der Waals surface area contributed by atoms with Gasteiger partial charge >= 0.3 is 12.3 Å². The van der Waals surface area contributed by atoms with E-state index in [1.165, 1.54) is 0 Å². The molecule has 1 amide bonds. The molecule has 5 nitrogen and oxygen atoms in total. The number of alkyl carbamates (subject to hydrolysis) is 1. The number of hydrogen-bond donors (Lipinski definition) is 2. The van der Waals surface area contributed by atoms with Gasteiger partial charge < -0.3 is 15.8 Å². The number of rotatable bonds is 3. The highest BCUT2D eigenvalue weighted by molar-refractivity contribution is 5.68. The second kappa shape index (κ2) is 6.30. The summed E-state index contributed by atoms with van der Waals surface area (Å²) in [7, 11) is 0. The first kappa shape index (κ1) is 17.2. The third-order valence-electron chi connectivity index (χ3n) is 2.46. The van der Waals surface area contributed by atoms with E-state index >= 15 is 0 Å². The molecule has 0 bridgehead atoms. The predicted octanol–water partition coefficient (Wildman–Crippen LogP) is 2.62. The lowest BCUT2D eigenvalue weighted by atomic mass is 10.0. The summed E-state index contributed by atoms with van der Waals surface area (Å²) in [6, 6.07) is -0.195. The summed E-state index contributed by atoms with van der Waals surface area (Å²) >= 11 is 0. The van der Waals surface area contributed by atoms with Crippen LogP contribution in [0.3, 0.4) is 0 Å². The van der Waals surface area contributed by atoms with Crippen LogP contribution in [0.2, 0.25) is 0 Å². The number of pyridine rings is 1. The molecule has 0 radical (unpaired) electrons. The Morgan fingerprint density at radius 3 is 2.52 bits per heavy atom. The van der Waals surface area contributed by atoms with Crippen LogP contribution < -0.4 is 11.1 Å². The van der Waals surface area contributed by atoms with Crippen molar-refractivity contribution in [3.05, 3.63) is 29.6 Å². The Morgan fingerprint density at radius 1 is 1.43 bits per heavy atom. The van der Waals surface area contributed by atoms with Gasteiger partial charge in [-0.25, -0.2) is 4.79 Å². The predicted molar refractivity (Wildman–Crippen MR) is 70.4 cm³/mol. The molecule has 3 N–H and O–H groups in total. The highest BCUT2D eigenvalue weighted by Gasteiger charge is 2.35. The molecular formula is C13H18F3N3O2. The molecule has 1 rings (SSSR count). The monoisotopic (exact) mass is 305 g/mol. The summed E-state index contributed by atoms with van der Waals surface area (Å²) in [4.78, 5) is 15.3. The van der Waals surface area contributed by atoms with E-state index in [1.54, 1.807) is 20.8 Å². The van der Waals surface area contributed by atoms with E-state index < -0.39 is 29.5 Å². The summed E-state index contributed by atoms with van der Waals surface area (Å²) in [5.41, 5.74) is 3.62. The van der Waals surface area contributed by atoms with Crippen molar-refractivity contribution in [1.29, 1.82) is 0 Å². The molecule has 0 aromatic carbocycles. The van der Waals surface area contributed by atoms with Gasteiger partial charge in [-0.05, 0) is 26.8 Å². The average molecular weight is 305 g/mol. The number of hydrogen-bond acceptors (Lipinski definition) is 4. The van der Waals surface area contributed by atoms with Crippen molar-refractivity contribution in [3.8, 4) is 0 Å². The average Bonchev–Trinajstić information content (AvgIpc) is 2.32. The van der Waals surface area contributed by atoms with Crippen LogP contribution in [0.25, 0.3) is 0 Å². The van der Waals surface area contributed by atoms with Crippen LogP contribution in [0.1, 0.15) is 37.9 Å². The Labute approximate surface area is 120 Å². The third-order valence-corrected chi connectivity index (χ3v) is 2.46. The molecule has 1 heterocycles. The third kappa shape index (κ3) is 5.22. The minimum absolute atomic E-state index is 0.196. The summed E-state index contributed by atoms with van der Waals surface area (Å²) in [6.07, 6.45) is -3.32. The maximum absolute atomic E-state index is 12.9. The number of alkyl halides is 3. The van der Waals surface area contributed by atoms with Crippen molar-refractivity contribution >= 4 is 6.09 Å². The van der Waals surface area contributed by atoms with E-state index in [0.29, 0.717) is 0 Å². The highest BCUT2D eigenvalue weighted by atomic mass is 19.4. The van der Waals surface area contributed by atoms with Gasteiger partial charge in [-0.15, -0.1) is 0 Å².